The van der Waals surface area contributed by atoms with Gasteiger partial charge in [-0.15, -0.1) is 0 Å². The molecule has 2 aliphatic rings. The monoisotopic (exact) mass is 354 g/mol. The second-order valence-electron chi connectivity index (χ2n) is 6.53. The second-order valence-corrected chi connectivity index (χ2v) is 7.33. The molecule has 1 atom stereocenters. The van der Waals surface area contributed by atoms with Crippen LogP contribution >= 0.6 is 15.9 Å². The van der Waals surface area contributed by atoms with Crippen LogP contribution in [-0.4, -0.2) is 40.4 Å². The Labute approximate surface area is 136 Å². The van der Waals surface area contributed by atoms with Crippen molar-refractivity contribution in [3.05, 3.63) is 15.9 Å². The van der Waals surface area contributed by atoms with E-state index in [2.05, 4.69) is 49.8 Å². The molecular weight excluding hydrogens is 328 g/mol. The molecule has 2 fully saturated rings. The summed E-state index contributed by atoms with van der Waals surface area (Å²) in [5, 5.41) is 8.19. The van der Waals surface area contributed by atoms with Crippen LogP contribution in [0.4, 0.5) is 0 Å². The zero-order chi connectivity index (χ0) is 14.8. The Kier molecular flexibility index (Phi) is 5.02. The quantitative estimate of drug-likeness (QED) is 0.852. The molecule has 1 aliphatic carbocycles. The van der Waals surface area contributed by atoms with E-state index in [-0.39, 0.29) is 0 Å². The largest absolute Gasteiger partial charge is 0.316 e. The highest BCUT2D eigenvalue weighted by molar-refractivity contribution is 9.10. The molecule has 2 heterocycles. The highest BCUT2D eigenvalue weighted by atomic mass is 79.9. The molecule has 0 amide bonds. The summed E-state index contributed by atoms with van der Waals surface area (Å²) in [6, 6.07) is 0.805. The number of rotatable bonds is 6. The Morgan fingerprint density at radius 1 is 1.38 bits per heavy atom. The van der Waals surface area contributed by atoms with E-state index in [4.69, 9.17) is 0 Å². The lowest BCUT2D eigenvalue weighted by Crippen LogP contribution is -2.39. The zero-order valence-corrected chi connectivity index (χ0v) is 14.8. The molecular formula is C16H27BrN4. The smallest absolute Gasteiger partial charge is 0.0739 e. The number of nitrogens with zero attached hydrogens (tertiary/aromatic N) is 3. The fourth-order valence-electron chi connectivity index (χ4n) is 3.41. The van der Waals surface area contributed by atoms with Gasteiger partial charge < -0.3 is 5.32 Å². The molecule has 118 valence electrons. The SMILES string of the molecule is CCn1nc(C)c(Br)c1CN(CC1CCCNC1)C1CC1. The summed E-state index contributed by atoms with van der Waals surface area (Å²) in [5.74, 6) is 0.817. The maximum Gasteiger partial charge on any atom is 0.0739 e. The molecule has 0 aromatic carbocycles. The molecule has 1 saturated heterocycles. The van der Waals surface area contributed by atoms with E-state index >= 15 is 0 Å². The third-order valence-corrected chi connectivity index (χ3v) is 5.79. The Balaban J connectivity index is 1.70. The molecule has 1 aromatic heterocycles. The van der Waals surface area contributed by atoms with Gasteiger partial charge in [-0.3, -0.25) is 9.58 Å². The average Bonchev–Trinajstić information content (AvgIpc) is 3.30. The molecule has 1 unspecified atom stereocenters. The molecule has 1 saturated carbocycles. The molecule has 1 aromatic rings. The van der Waals surface area contributed by atoms with Crippen molar-refractivity contribution < 1.29 is 0 Å². The normalized spacial score (nSPS) is 23.0. The predicted octanol–water partition coefficient (Wildman–Crippen LogP) is 2.94. The van der Waals surface area contributed by atoms with Crippen LogP contribution in [-0.2, 0) is 13.1 Å². The number of aryl methyl sites for hydroxylation is 2. The number of hydrogen-bond acceptors (Lipinski definition) is 3. The molecule has 0 radical (unpaired) electrons. The number of halogens is 1. The van der Waals surface area contributed by atoms with Gasteiger partial charge in [-0.25, -0.2) is 0 Å². The van der Waals surface area contributed by atoms with Crippen LogP contribution in [0.2, 0.25) is 0 Å². The van der Waals surface area contributed by atoms with Crippen molar-refractivity contribution in [2.24, 2.45) is 5.92 Å². The van der Waals surface area contributed by atoms with Gasteiger partial charge >= 0.3 is 0 Å². The summed E-state index contributed by atoms with van der Waals surface area (Å²) < 4.78 is 3.37. The molecule has 21 heavy (non-hydrogen) atoms. The van der Waals surface area contributed by atoms with Gasteiger partial charge in [0.25, 0.3) is 0 Å². The summed E-state index contributed by atoms with van der Waals surface area (Å²) in [4.78, 5) is 2.70. The van der Waals surface area contributed by atoms with E-state index < -0.39 is 0 Å². The van der Waals surface area contributed by atoms with E-state index in [9.17, 15) is 0 Å². The third kappa shape index (κ3) is 3.69. The second kappa shape index (κ2) is 6.80. The van der Waals surface area contributed by atoms with E-state index in [1.165, 1.54) is 55.5 Å². The number of hydrogen-bond donors (Lipinski definition) is 1. The van der Waals surface area contributed by atoms with Gasteiger partial charge in [-0.1, -0.05) is 0 Å². The topological polar surface area (TPSA) is 33.1 Å². The van der Waals surface area contributed by atoms with Crippen LogP contribution in [0.15, 0.2) is 4.47 Å². The van der Waals surface area contributed by atoms with E-state index in [0.717, 1.165) is 30.7 Å². The van der Waals surface area contributed by atoms with Gasteiger partial charge in [0.2, 0.25) is 0 Å². The lowest BCUT2D eigenvalue weighted by atomic mass is 9.99. The zero-order valence-electron chi connectivity index (χ0n) is 13.2. The lowest BCUT2D eigenvalue weighted by Gasteiger charge is -2.30. The maximum atomic E-state index is 4.64. The summed E-state index contributed by atoms with van der Waals surface area (Å²) in [6.45, 7) is 9.88. The summed E-state index contributed by atoms with van der Waals surface area (Å²) in [6.07, 6.45) is 5.45. The Hall–Kier alpha value is -0.390. The van der Waals surface area contributed by atoms with E-state index in [1.807, 2.05) is 0 Å². The van der Waals surface area contributed by atoms with Gasteiger partial charge in [-0.2, -0.15) is 5.10 Å². The minimum absolute atomic E-state index is 0.805. The van der Waals surface area contributed by atoms with Crippen molar-refractivity contribution in [2.45, 2.75) is 58.7 Å². The van der Waals surface area contributed by atoms with Crippen LogP contribution in [0.1, 0.15) is 44.0 Å². The van der Waals surface area contributed by atoms with Crippen molar-refractivity contribution >= 4 is 15.9 Å². The van der Waals surface area contributed by atoms with Crippen LogP contribution in [0.3, 0.4) is 0 Å². The van der Waals surface area contributed by atoms with Gasteiger partial charge in [-0.05, 0) is 74.5 Å². The number of aromatic nitrogens is 2. The highest BCUT2D eigenvalue weighted by Crippen LogP contribution is 2.32. The van der Waals surface area contributed by atoms with Gasteiger partial charge in [0.05, 0.1) is 15.9 Å². The molecule has 0 spiro atoms. The molecule has 3 rings (SSSR count). The Bertz CT molecular complexity index is 475. The predicted molar refractivity (Wildman–Crippen MR) is 89.4 cm³/mol. The Morgan fingerprint density at radius 2 is 2.19 bits per heavy atom. The van der Waals surface area contributed by atoms with Crippen LogP contribution in [0.5, 0.6) is 0 Å². The fraction of sp³-hybridized carbons (Fsp3) is 0.812. The van der Waals surface area contributed by atoms with Crippen LogP contribution < -0.4 is 5.32 Å². The number of piperidine rings is 1. The van der Waals surface area contributed by atoms with Crippen molar-refractivity contribution in [2.75, 3.05) is 19.6 Å². The fourth-order valence-corrected chi connectivity index (χ4v) is 3.82. The molecule has 5 heteroatoms. The van der Waals surface area contributed by atoms with Gasteiger partial charge in [0.1, 0.15) is 0 Å². The molecule has 0 bridgehead atoms. The first kappa shape index (κ1) is 15.5. The highest BCUT2D eigenvalue weighted by Gasteiger charge is 2.32. The van der Waals surface area contributed by atoms with Crippen molar-refractivity contribution in [3.63, 3.8) is 0 Å². The van der Waals surface area contributed by atoms with Crippen molar-refractivity contribution in [3.8, 4) is 0 Å². The minimum atomic E-state index is 0.805. The van der Waals surface area contributed by atoms with Crippen LogP contribution in [0, 0.1) is 12.8 Å². The van der Waals surface area contributed by atoms with Gasteiger partial charge in [0, 0.05) is 25.7 Å². The summed E-state index contributed by atoms with van der Waals surface area (Å²) in [7, 11) is 0. The molecule has 1 aliphatic heterocycles. The molecule has 1 N–H and O–H groups in total. The third-order valence-electron chi connectivity index (χ3n) is 4.76. The first-order valence-corrected chi connectivity index (χ1v) is 9.15. The first-order chi connectivity index (χ1) is 10.2. The number of nitrogens with one attached hydrogen (secondary N) is 1. The van der Waals surface area contributed by atoms with Crippen molar-refractivity contribution in [1.82, 2.24) is 20.0 Å². The minimum Gasteiger partial charge on any atom is -0.316 e. The summed E-state index contributed by atoms with van der Waals surface area (Å²) in [5.41, 5.74) is 2.47. The first-order valence-electron chi connectivity index (χ1n) is 8.35. The lowest BCUT2D eigenvalue weighted by molar-refractivity contribution is 0.188. The molecule has 4 nitrogen and oxygen atoms in total. The van der Waals surface area contributed by atoms with E-state index in [0.29, 0.717) is 0 Å². The van der Waals surface area contributed by atoms with E-state index in [1.54, 1.807) is 0 Å². The Morgan fingerprint density at radius 3 is 2.81 bits per heavy atom. The average molecular weight is 355 g/mol. The van der Waals surface area contributed by atoms with Crippen molar-refractivity contribution in [1.29, 1.82) is 0 Å². The van der Waals surface area contributed by atoms with Crippen LogP contribution in [0.25, 0.3) is 0 Å². The maximum absolute atomic E-state index is 4.64. The van der Waals surface area contributed by atoms with Gasteiger partial charge in [0.15, 0.2) is 0 Å². The summed E-state index contributed by atoms with van der Waals surface area (Å²) >= 11 is 3.74. The standard InChI is InChI=1S/C16H27BrN4/c1-3-21-15(16(17)12(2)19-21)11-20(14-6-7-14)10-13-5-4-8-18-9-13/h13-14,18H,3-11H2,1-2H3.